The van der Waals surface area contributed by atoms with Gasteiger partial charge in [-0.15, -0.1) is 11.8 Å². The number of hydrogen-bond acceptors (Lipinski definition) is 3. The first kappa shape index (κ1) is 28.3. The predicted octanol–water partition coefficient (Wildman–Crippen LogP) is 7.22. The second-order valence-corrected chi connectivity index (χ2v) is 11.7. The Balaban J connectivity index is 1.56. The number of hydrogen-bond donors (Lipinski definition) is 1. The number of rotatable bonds is 11. The van der Waals surface area contributed by atoms with Crippen molar-refractivity contribution in [2.75, 3.05) is 5.75 Å². The number of nitrogens with one attached hydrogen (secondary N) is 1. The zero-order valence-corrected chi connectivity index (χ0v) is 23.6. The van der Waals surface area contributed by atoms with Crippen LogP contribution in [0.25, 0.3) is 0 Å². The molecule has 1 saturated carbocycles. The maximum Gasteiger partial charge on any atom is 0.243 e. The van der Waals surface area contributed by atoms with Gasteiger partial charge in [0.15, 0.2) is 0 Å². The van der Waals surface area contributed by atoms with Gasteiger partial charge >= 0.3 is 0 Å². The third-order valence-electron chi connectivity index (χ3n) is 7.22. The lowest BCUT2D eigenvalue weighted by Gasteiger charge is -2.34. The summed E-state index contributed by atoms with van der Waals surface area (Å²) in [5, 5.41) is 4.01. The van der Waals surface area contributed by atoms with Gasteiger partial charge in [0.25, 0.3) is 0 Å². The maximum atomic E-state index is 13.8. The highest BCUT2D eigenvalue weighted by Crippen LogP contribution is 2.24. The minimum atomic E-state index is -0.577. The Kier molecular flexibility index (Phi) is 10.7. The standard InChI is InChI=1S/C32H37ClN2O2S/c1-24-10-8-9-13-26(24)23-35(31(36)20-21-38-29-18-16-27(33)17-19-29)30(22-25-11-4-2-5-12-25)32(37)34-28-14-6-3-7-15-28/h2,4-5,8-13,16-19,28,30H,3,6-7,14-15,20-23H2,1H3,(H,34,37). The molecule has 0 saturated heterocycles. The summed E-state index contributed by atoms with van der Waals surface area (Å²) in [6.07, 6.45) is 6.36. The summed E-state index contributed by atoms with van der Waals surface area (Å²) in [4.78, 5) is 30.6. The van der Waals surface area contributed by atoms with E-state index in [4.69, 9.17) is 11.6 Å². The first-order chi connectivity index (χ1) is 18.5. The van der Waals surface area contributed by atoms with Crippen molar-refractivity contribution in [3.63, 3.8) is 0 Å². The Labute approximate surface area is 236 Å². The molecule has 1 aliphatic rings. The highest BCUT2D eigenvalue weighted by atomic mass is 35.5. The van der Waals surface area contributed by atoms with E-state index in [9.17, 15) is 9.59 Å². The minimum absolute atomic E-state index is 0.00515. The van der Waals surface area contributed by atoms with Gasteiger partial charge in [0, 0.05) is 41.1 Å². The smallest absolute Gasteiger partial charge is 0.243 e. The fourth-order valence-electron chi connectivity index (χ4n) is 5.00. The summed E-state index contributed by atoms with van der Waals surface area (Å²) in [6.45, 7) is 2.47. The highest BCUT2D eigenvalue weighted by Gasteiger charge is 2.32. The van der Waals surface area contributed by atoms with Crippen LogP contribution in [0.3, 0.4) is 0 Å². The van der Waals surface area contributed by atoms with Crippen molar-refractivity contribution >= 4 is 35.2 Å². The molecular formula is C32H37ClN2O2S. The Morgan fingerprint density at radius 2 is 1.63 bits per heavy atom. The summed E-state index contributed by atoms with van der Waals surface area (Å²) < 4.78 is 0. The van der Waals surface area contributed by atoms with E-state index in [0.717, 1.165) is 47.3 Å². The van der Waals surface area contributed by atoms with Crippen LogP contribution in [0, 0.1) is 6.92 Å². The molecule has 1 unspecified atom stereocenters. The molecule has 0 heterocycles. The predicted molar refractivity (Wildman–Crippen MR) is 157 cm³/mol. The second-order valence-electron chi connectivity index (χ2n) is 10.0. The molecule has 2 amide bonds. The zero-order valence-electron chi connectivity index (χ0n) is 22.1. The molecule has 1 fully saturated rings. The topological polar surface area (TPSA) is 49.4 Å². The van der Waals surface area contributed by atoms with E-state index in [-0.39, 0.29) is 17.9 Å². The Hall–Kier alpha value is -2.76. The van der Waals surface area contributed by atoms with Crippen LogP contribution in [0.5, 0.6) is 0 Å². The lowest BCUT2D eigenvalue weighted by atomic mass is 9.94. The van der Waals surface area contributed by atoms with E-state index in [1.807, 2.05) is 71.6 Å². The number of benzene rings is 3. The van der Waals surface area contributed by atoms with E-state index in [1.54, 1.807) is 11.8 Å². The molecule has 4 nitrogen and oxygen atoms in total. The van der Waals surface area contributed by atoms with Crippen LogP contribution < -0.4 is 5.32 Å². The lowest BCUT2D eigenvalue weighted by Crippen LogP contribution is -2.53. The van der Waals surface area contributed by atoms with Crippen LogP contribution in [0.1, 0.15) is 55.2 Å². The molecule has 1 N–H and O–H groups in total. The van der Waals surface area contributed by atoms with Crippen molar-refractivity contribution in [3.05, 3.63) is 101 Å². The molecular weight excluding hydrogens is 512 g/mol. The summed E-state index contributed by atoms with van der Waals surface area (Å²) in [7, 11) is 0. The van der Waals surface area contributed by atoms with Crippen molar-refractivity contribution in [1.82, 2.24) is 10.2 Å². The monoisotopic (exact) mass is 548 g/mol. The van der Waals surface area contributed by atoms with Gasteiger partial charge in [0.05, 0.1) is 0 Å². The Morgan fingerprint density at radius 1 is 0.947 bits per heavy atom. The van der Waals surface area contributed by atoms with Crippen LogP contribution >= 0.6 is 23.4 Å². The largest absolute Gasteiger partial charge is 0.352 e. The molecule has 0 aliphatic heterocycles. The van der Waals surface area contributed by atoms with Gasteiger partial charge in [0.1, 0.15) is 6.04 Å². The lowest BCUT2D eigenvalue weighted by molar-refractivity contribution is -0.141. The van der Waals surface area contributed by atoms with E-state index in [1.165, 1.54) is 6.42 Å². The minimum Gasteiger partial charge on any atom is -0.352 e. The van der Waals surface area contributed by atoms with E-state index >= 15 is 0 Å². The fourth-order valence-corrected chi connectivity index (χ4v) is 5.97. The average Bonchev–Trinajstić information content (AvgIpc) is 2.93. The number of halogens is 1. The molecule has 6 heteroatoms. The first-order valence-electron chi connectivity index (χ1n) is 13.6. The zero-order chi connectivity index (χ0) is 26.7. The molecule has 0 radical (unpaired) electrons. The number of carbonyl (C=O) groups excluding carboxylic acids is 2. The van der Waals surface area contributed by atoms with Gasteiger partial charge < -0.3 is 10.2 Å². The first-order valence-corrected chi connectivity index (χ1v) is 14.9. The number of nitrogens with zero attached hydrogens (tertiary/aromatic N) is 1. The maximum absolute atomic E-state index is 13.8. The molecule has 200 valence electrons. The van der Waals surface area contributed by atoms with Crippen molar-refractivity contribution in [1.29, 1.82) is 0 Å². The number of thioether (sulfide) groups is 1. The quantitative estimate of drug-likeness (QED) is 0.257. The number of carbonyl (C=O) groups is 2. The molecule has 0 spiro atoms. The SMILES string of the molecule is Cc1ccccc1CN(C(=O)CCSc1ccc(Cl)cc1)C(Cc1ccccc1)C(=O)NC1CCCCC1. The summed E-state index contributed by atoms with van der Waals surface area (Å²) >= 11 is 7.65. The Bertz CT molecular complexity index is 1180. The van der Waals surface area contributed by atoms with Crippen LogP contribution in [0.2, 0.25) is 5.02 Å². The molecule has 3 aromatic rings. The van der Waals surface area contributed by atoms with Crippen molar-refractivity contribution in [3.8, 4) is 0 Å². The van der Waals surface area contributed by atoms with Gasteiger partial charge in [0.2, 0.25) is 11.8 Å². The summed E-state index contributed by atoms with van der Waals surface area (Å²) in [5.41, 5.74) is 3.23. The Morgan fingerprint density at radius 3 is 2.34 bits per heavy atom. The third kappa shape index (κ3) is 8.37. The van der Waals surface area contributed by atoms with Crippen LogP contribution in [-0.2, 0) is 22.6 Å². The molecule has 0 bridgehead atoms. The number of amides is 2. The second kappa shape index (κ2) is 14.4. The van der Waals surface area contributed by atoms with Gasteiger partial charge in [-0.1, -0.05) is 85.5 Å². The van der Waals surface area contributed by atoms with Gasteiger partial charge in [-0.2, -0.15) is 0 Å². The average molecular weight is 549 g/mol. The fraction of sp³-hybridized carbons (Fsp3) is 0.375. The van der Waals surface area contributed by atoms with E-state index in [2.05, 4.69) is 24.4 Å². The molecule has 38 heavy (non-hydrogen) atoms. The van der Waals surface area contributed by atoms with Gasteiger partial charge in [-0.25, -0.2) is 0 Å². The highest BCUT2D eigenvalue weighted by molar-refractivity contribution is 7.99. The van der Waals surface area contributed by atoms with Crippen LogP contribution in [0.15, 0.2) is 83.8 Å². The van der Waals surface area contributed by atoms with E-state index in [0.29, 0.717) is 30.2 Å². The molecule has 1 aliphatic carbocycles. The van der Waals surface area contributed by atoms with Crippen LogP contribution in [0.4, 0.5) is 0 Å². The molecule has 3 aromatic carbocycles. The molecule has 4 rings (SSSR count). The van der Waals surface area contributed by atoms with E-state index < -0.39 is 6.04 Å². The van der Waals surface area contributed by atoms with Crippen LogP contribution in [-0.4, -0.2) is 34.6 Å². The molecule has 1 atom stereocenters. The third-order valence-corrected chi connectivity index (χ3v) is 8.49. The normalized spacial score (nSPS) is 14.6. The van der Waals surface area contributed by atoms with Crippen molar-refractivity contribution in [2.45, 2.75) is 75.4 Å². The van der Waals surface area contributed by atoms with Gasteiger partial charge in [-0.05, 0) is 60.7 Å². The molecule has 0 aromatic heterocycles. The summed E-state index contributed by atoms with van der Waals surface area (Å²) in [6, 6.07) is 25.4. The number of aryl methyl sites for hydroxylation is 1. The van der Waals surface area contributed by atoms with Gasteiger partial charge in [-0.3, -0.25) is 9.59 Å². The van der Waals surface area contributed by atoms with Crippen molar-refractivity contribution in [2.24, 2.45) is 0 Å². The van der Waals surface area contributed by atoms with Crippen molar-refractivity contribution < 1.29 is 9.59 Å². The summed E-state index contributed by atoms with van der Waals surface area (Å²) in [5.74, 6) is 0.579.